The van der Waals surface area contributed by atoms with Gasteiger partial charge in [0, 0.05) is 6.92 Å². The van der Waals surface area contributed by atoms with Crippen LogP contribution < -0.4 is 0 Å². The number of hydrogen-bond donors (Lipinski definition) is 0. The van der Waals surface area contributed by atoms with Gasteiger partial charge in [-0.1, -0.05) is 13.3 Å². The molecule has 0 N–H and O–H groups in total. The van der Waals surface area contributed by atoms with Crippen LogP contribution in [0.1, 0.15) is 26.7 Å². The van der Waals surface area contributed by atoms with Gasteiger partial charge < -0.3 is 4.74 Å². The normalized spacial score (nSPS) is 25.6. The molecule has 0 saturated heterocycles. The molecule has 0 bridgehead atoms. The van der Waals surface area contributed by atoms with E-state index in [0.29, 0.717) is 6.04 Å². The second-order valence-corrected chi connectivity index (χ2v) is 2.40. The molecule has 1 unspecified atom stereocenters. The zero-order valence-electron chi connectivity index (χ0n) is 6.05. The molecule has 0 aromatic rings. The van der Waals surface area contributed by atoms with Crippen molar-refractivity contribution in [2.24, 2.45) is 4.99 Å². The summed E-state index contributed by atoms with van der Waals surface area (Å²) in [6.07, 6.45) is 2.36. The molecule has 1 atom stereocenters. The Morgan fingerprint density at radius 1 is 1.78 bits per heavy atom. The van der Waals surface area contributed by atoms with Gasteiger partial charge in [0.15, 0.2) is 5.90 Å². The lowest BCUT2D eigenvalue weighted by atomic mass is 10.2. The standard InChI is InChI=1S/C7H13NO/c1-3-4-7-5-9-6(2)8-7/h7H,3-5H2,1-2H3. The molecule has 1 rings (SSSR count). The monoisotopic (exact) mass is 127 g/mol. The van der Waals surface area contributed by atoms with Crippen LogP contribution in [0.4, 0.5) is 0 Å². The van der Waals surface area contributed by atoms with Gasteiger partial charge in [-0.15, -0.1) is 0 Å². The smallest absolute Gasteiger partial charge is 0.180 e. The number of aliphatic imine (C=N–C) groups is 1. The Morgan fingerprint density at radius 3 is 3.00 bits per heavy atom. The second kappa shape index (κ2) is 2.85. The van der Waals surface area contributed by atoms with E-state index in [2.05, 4.69) is 11.9 Å². The Bertz CT molecular complexity index is 120. The molecule has 9 heavy (non-hydrogen) atoms. The summed E-state index contributed by atoms with van der Waals surface area (Å²) in [5.74, 6) is 0.855. The Kier molecular flexibility index (Phi) is 2.09. The van der Waals surface area contributed by atoms with Gasteiger partial charge in [-0.25, -0.2) is 4.99 Å². The van der Waals surface area contributed by atoms with E-state index in [1.165, 1.54) is 6.42 Å². The third kappa shape index (κ3) is 1.70. The van der Waals surface area contributed by atoms with E-state index in [9.17, 15) is 0 Å². The first-order valence-corrected chi connectivity index (χ1v) is 3.50. The van der Waals surface area contributed by atoms with Gasteiger partial charge in [0.2, 0.25) is 0 Å². The molecule has 2 heteroatoms. The fourth-order valence-electron chi connectivity index (χ4n) is 1.03. The van der Waals surface area contributed by atoms with Gasteiger partial charge in [-0.2, -0.15) is 0 Å². The Balaban J connectivity index is 2.29. The molecule has 0 amide bonds. The molecule has 0 aliphatic carbocycles. The lowest BCUT2D eigenvalue weighted by Crippen LogP contribution is -2.04. The highest BCUT2D eigenvalue weighted by Crippen LogP contribution is 2.09. The number of ether oxygens (including phenoxy) is 1. The number of rotatable bonds is 2. The predicted molar refractivity (Wildman–Crippen MR) is 37.8 cm³/mol. The Labute approximate surface area is 55.9 Å². The average Bonchev–Trinajstić information content (AvgIpc) is 2.17. The van der Waals surface area contributed by atoms with Crippen molar-refractivity contribution in [2.45, 2.75) is 32.7 Å². The second-order valence-electron chi connectivity index (χ2n) is 2.40. The molecule has 1 aliphatic rings. The van der Waals surface area contributed by atoms with Crippen molar-refractivity contribution in [1.29, 1.82) is 0 Å². The van der Waals surface area contributed by atoms with Crippen LogP contribution in [0.25, 0.3) is 0 Å². The van der Waals surface area contributed by atoms with Gasteiger partial charge in [0.05, 0.1) is 6.04 Å². The van der Waals surface area contributed by atoms with E-state index in [1.54, 1.807) is 0 Å². The summed E-state index contributed by atoms with van der Waals surface area (Å²) in [5.41, 5.74) is 0. The molecule has 0 aromatic heterocycles. The van der Waals surface area contributed by atoms with Crippen molar-refractivity contribution >= 4 is 5.90 Å². The summed E-state index contributed by atoms with van der Waals surface area (Å²) >= 11 is 0. The highest BCUT2D eigenvalue weighted by Gasteiger charge is 2.13. The third-order valence-corrected chi connectivity index (χ3v) is 1.47. The van der Waals surface area contributed by atoms with E-state index in [4.69, 9.17) is 4.74 Å². The minimum absolute atomic E-state index is 0.454. The molecular weight excluding hydrogens is 114 g/mol. The van der Waals surface area contributed by atoms with E-state index in [1.807, 2.05) is 6.92 Å². The fourth-order valence-corrected chi connectivity index (χ4v) is 1.03. The van der Waals surface area contributed by atoms with E-state index < -0.39 is 0 Å². The van der Waals surface area contributed by atoms with Crippen LogP contribution in [-0.2, 0) is 4.74 Å². The van der Waals surface area contributed by atoms with Crippen LogP contribution >= 0.6 is 0 Å². The molecule has 1 heterocycles. The van der Waals surface area contributed by atoms with Crippen molar-refractivity contribution in [3.63, 3.8) is 0 Å². The van der Waals surface area contributed by atoms with Crippen molar-refractivity contribution in [1.82, 2.24) is 0 Å². The summed E-state index contributed by atoms with van der Waals surface area (Å²) in [5, 5.41) is 0. The van der Waals surface area contributed by atoms with Crippen LogP contribution in [0.5, 0.6) is 0 Å². The van der Waals surface area contributed by atoms with Crippen LogP contribution in [-0.4, -0.2) is 18.5 Å². The topological polar surface area (TPSA) is 21.6 Å². The molecule has 0 saturated carbocycles. The molecular formula is C7H13NO. The predicted octanol–water partition coefficient (Wildman–Crippen LogP) is 1.60. The Morgan fingerprint density at radius 2 is 2.56 bits per heavy atom. The van der Waals surface area contributed by atoms with E-state index in [-0.39, 0.29) is 0 Å². The Hall–Kier alpha value is -0.530. The first kappa shape index (κ1) is 6.59. The lowest BCUT2D eigenvalue weighted by molar-refractivity contribution is 0.309. The summed E-state index contributed by atoms with van der Waals surface area (Å²) in [7, 11) is 0. The third-order valence-electron chi connectivity index (χ3n) is 1.47. The van der Waals surface area contributed by atoms with Gasteiger partial charge in [-0.3, -0.25) is 0 Å². The van der Waals surface area contributed by atoms with Crippen molar-refractivity contribution < 1.29 is 4.74 Å². The molecule has 1 aliphatic heterocycles. The average molecular weight is 127 g/mol. The highest BCUT2D eigenvalue weighted by atomic mass is 16.5. The number of nitrogens with zero attached hydrogens (tertiary/aromatic N) is 1. The van der Waals surface area contributed by atoms with Gasteiger partial charge in [0.1, 0.15) is 6.61 Å². The van der Waals surface area contributed by atoms with Gasteiger partial charge in [-0.05, 0) is 6.42 Å². The maximum atomic E-state index is 5.17. The van der Waals surface area contributed by atoms with Crippen LogP contribution in [0, 0.1) is 0 Å². The highest BCUT2D eigenvalue weighted by molar-refractivity contribution is 5.74. The summed E-state index contributed by atoms with van der Waals surface area (Å²) in [4.78, 5) is 4.27. The number of hydrogen-bond acceptors (Lipinski definition) is 2. The minimum Gasteiger partial charge on any atom is -0.479 e. The molecule has 52 valence electrons. The molecule has 0 fully saturated rings. The van der Waals surface area contributed by atoms with Crippen LogP contribution in [0.2, 0.25) is 0 Å². The quantitative estimate of drug-likeness (QED) is 0.552. The summed E-state index contributed by atoms with van der Waals surface area (Å²) in [6.45, 7) is 4.89. The van der Waals surface area contributed by atoms with E-state index >= 15 is 0 Å². The fraction of sp³-hybridized carbons (Fsp3) is 0.857. The summed E-state index contributed by atoms with van der Waals surface area (Å²) in [6, 6.07) is 0.454. The molecule has 2 nitrogen and oxygen atoms in total. The van der Waals surface area contributed by atoms with Gasteiger partial charge in [0.25, 0.3) is 0 Å². The molecule has 0 spiro atoms. The lowest BCUT2D eigenvalue weighted by Gasteiger charge is -1.99. The van der Waals surface area contributed by atoms with Crippen molar-refractivity contribution in [3.05, 3.63) is 0 Å². The van der Waals surface area contributed by atoms with Crippen LogP contribution in [0.3, 0.4) is 0 Å². The summed E-state index contributed by atoms with van der Waals surface area (Å²) < 4.78 is 5.17. The van der Waals surface area contributed by atoms with E-state index in [0.717, 1.165) is 18.9 Å². The maximum Gasteiger partial charge on any atom is 0.180 e. The first-order chi connectivity index (χ1) is 4.33. The molecule has 0 aromatic carbocycles. The van der Waals surface area contributed by atoms with Crippen molar-refractivity contribution in [2.75, 3.05) is 6.61 Å². The molecule has 0 radical (unpaired) electrons. The van der Waals surface area contributed by atoms with Gasteiger partial charge >= 0.3 is 0 Å². The minimum atomic E-state index is 0.454. The van der Waals surface area contributed by atoms with Crippen molar-refractivity contribution in [3.8, 4) is 0 Å². The zero-order chi connectivity index (χ0) is 6.69. The van der Waals surface area contributed by atoms with Crippen LogP contribution in [0.15, 0.2) is 4.99 Å². The first-order valence-electron chi connectivity index (χ1n) is 3.50. The SMILES string of the molecule is CCCC1COC(C)=N1. The maximum absolute atomic E-state index is 5.17. The zero-order valence-corrected chi connectivity index (χ0v) is 6.05. The largest absolute Gasteiger partial charge is 0.479 e.